The summed E-state index contributed by atoms with van der Waals surface area (Å²) in [5, 5.41) is 11.0. The molecule has 776 valence electrons. The lowest BCUT2D eigenvalue weighted by Gasteiger charge is -2.39. The number of imide groups is 1. The quantitative estimate of drug-likeness (QED) is 0.0240. The van der Waals surface area contributed by atoms with E-state index in [1.807, 2.05) is 170 Å². The number of benzene rings is 11. The van der Waals surface area contributed by atoms with Crippen molar-refractivity contribution in [2.45, 2.75) is 232 Å². The van der Waals surface area contributed by atoms with Crippen molar-refractivity contribution in [3.8, 4) is 0 Å². The smallest absolute Gasteiger partial charge is 0.336 e. The van der Waals surface area contributed by atoms with Gasteiger partial charge in [-0.25, -0.2) is 63.7 Å². The Morgan fingerprint density at radius 3 is 1.10 bits per heavy atom. The number of carbonyl (C=O) groups excluding carboxylic acids is 2. The summed E-state index contributed by atoms with van der Waals surface area (Å²) < 4.78 is 178. The number of aryl methyl sites for hydroxylation is 9. The van der Waals surface area contributed by atoms with Crippen LogP contribution in [0.4, 0.5) is 17.1 Å². The molecular weight excluding hydrogens is 1990 g/mol. The Kier molecular flexibility index (Phi) is 40.3. The molecule has 0 bridgehead atoms. The molecule has 1 saturated carbocycles. The van der Waals surface area contributed by atoms with Crippen molar-refractivity contribution in [3.05, 3.63) is 377 Å². The molecule has 3 heterocycles. The van der Waals surface area contributed by atoms with Crippen molar-refractivity contribution < 1.29 is 78.0 Å². The van der Waals surface area contributed by atoms with Crippen molar-refractivity contribution >= 4 is 121 Å². The summed E-state index contributed by atoms with van der Waals surface area (Å²) in [6.45, 7) is 18.8. The second-order valence-corrected chi connectivity index (χ2v) is 56.2. The fraction of sp³-hybridized carbons (Fsp3) is 0.377. The molecule has 15 rings (SSSR count). The van der Waals surface area contributed by atoms with Gasteiger partial charge in [0.2, 0.25) is 10.0 Å². The Balaban J connectivity index is 0.000000173. The fourth-order valence-electron chi connectivity index (χ4n) is 16.9. The maximum absolute atomic E-state index is 12.4. The van der Waals surface area contributed by atoms with Crippen LogP contribution in [-0.2, 0) is 156 Å². The van der Waals surface area contributed by atoms with E-state index in [0.29, 0.717) is 63.5 Å². The van der Waals surface area contributed by atoms with Crippen LogP contribution in [0, 0.1) is 11.8 Å². The Morgan fingerprint density at radius 1 is 0.366 bits per heavy atom. The number of amides is 2. The van der Waals surface area contributed by atoms with Gasteiger partial charge in [-0.3, -0.25) is 23.9 Å². The summed E-state index contributed by atoms with van der Waals surface area (Å²) in [7, 11) is -20.7. The average molecular weight is 2130 g/mol. The number of halogens is 1. The molecule has 1 saturated heterocycles. The normalized spacial score (nSPS) is 15.1. The number of hydrogen-bond donors (Lipinski definition) is 3. The van der Waals surface area contributed by atoms with E-state index >= 15 is 0 Å². The minimum Gasteiger partial charge on any atom is -0.423 e. The molecule has 12 aromatic rings. The second kappa shape index (κ2) is 51.1. The zero-order valence-electron chi connectivity index (χ0n) is 84.7. The third-order valence-electron chi connectivity index (χ3n) is 26.9. The van der Waals surface area contributed by atoms with Gasteiger partial charge in [-0.1, -0.05) is 200 Å². The van der Waals surface area contributed by atoms with Crippen LogP contribution in [0.2, 0.25) is 5.02 Å². The minimum absolute atomic E-state index is 0.0550. The van der Waals surface area contributed by atoms with Gasteiger partial charge in [-0.2, -0.15) is 0 Å². The zero-order chi connectivity index (χ0) is 105. The van der Waals surface area contributed by atoms with Gasteiger partial charge < -0.3 is 14.4 Å². The first-order valence-corrected chi connectivity index (χ1v) is 61.6. The molecule has 11 aromatic carbocycles. The topological polar surface area (TPSA) is 354 Å². The monoisotopic (exact) mass is 2120 g/mol. The number of anilines is 3. The van der Waals surface area contributed by atoms with Gasteiger partial charge in [0.25, 0.3) is 21.8 Å². The third kappa shape index (κ3) is 34.9. The van der Waals surface area contributed by atoms with Crippen LogP contribution in [0.5, 0.6) is 0 Å². The molecule has 0 unspecified atom stereocenters. The molecule has 145 heavy (non-hydrogen) atoms. The highest BCUT2D eigenvalue weighted by Crippen LogP contribution is 2.38. The molecule has 0 spiro atoms. The molecule has 31 heteroatoms. The number of piperidine rings is 1. The lowest BCUT2D eigenvalue weighted by molar-refractivity contribution is 0.0117. The number of aliphatic hydroxyl groups is 1. The predicted octanol–water partition coefficient (Wildman–Crippen LogP) is 21.1. The van der Waals surface area contributed by atoms with Crippen LogP contribution in [0.3, 0.4) is 0 Å². The first-order chi connectivity index (χ1) is 68.4. The molecular formula is C114H137ClN4O19S7. The van der Waals surface area contributed by atoms with E-state index < -0.39 is 74.8 Å². The van der Waals surface area contributed by atoms with E-state index in [-0.39, 0.29) is 71.6 Å². The number of sulfonamides is 2. The van der Waals surface area contributed by atoms with Crippen LogP contribution in [-0.4, -0.2) is 139 Å². The van der Waals surface area contributed by atoms with Crippen LogP contribution in [0.25, 0.3) is 11.0 Å². The first kappa shape index (κ1) is 114. The summed E-state index contributed by atoms with van der Waals surface area (Å²) in [6.07, 6.45) is 15.7. The lowest BCUT2D eigenvalue weighted by atomic mass is 9.80. The first-order valence-electron chi connectivity index (χ1n) is 49.3. The zero-order valence-corrected chi connectivity index (χ0v) is 91.2. The van der Waals surface area contributed by atoms with E-state index in [9.17, 15) is 78.4 Å². The highest BCUT2D eigenvalue weighted by Gasteiger charge is 2.36. The van der Waals surface area contributed by atoms with E-state index in [4.69, 9.17) is 16.0 Å². The highest BCUT2D eigenvalue weighted by atomic mass is 35.5. The van der Waals surface area contributed by atoms with Gasteiger partial charge in [-0.05, 0) is 340 Å². The van der Waals surface area contributed by atoms with Gasteiger partial charge in [0.1, 0.15) is 5.58 Å². The Morgan fingerprint density at radius 2 is 0.703 bits per heavy atom. The minimum atomic E-state index is -3.60. The molecule has 2 fully saturated rings. The summed E-state index contributed by atoms with van der Waals surface area (Å²) in [5.41, 5.74) is 17.1. The van der Waals surface area contributed by atoms with Crippen LogP contribution in [0.1, 0.15) is 213 Å². The van der Waals surface area contributed by atoms with Gasteiger partial charge >= 0.3 is 5.63 Å². The maximum atomic E-state index is 12.4. The van der Waals surface area contributed by atoms with Crippen molar-refractivity contribution in [2.24, 2.45) is 11.8 Å². The Bertz CT molecular complexity index is 7270. The number of nitrogens with zero attached hydrogens (tertiary/aromatic N) is 2. The van der Waals surface area contributed by atoms with Crippen LogP contribution < -0.4 is 20.0 Å². The summed E-state index contributed by atoms with van der Waals surface area (Å²) in [6, 6.07) is 84.5. The number of rotatable bonds is 37. The van der Waals surface area contributed by atoms with E-state index in [0.717, 1.165) is 185 Å². The number of carbonyl (C=O) groups is 2. The molecule has 0 radical (unpaired) electrons. The van der Waals surface area contributed by atoms with Gasteiger partial charge in [0, 0.05) is 53.7 Å². The number of nitrogens with one attached hydrogen (secondary N) is 2. The molecule has 2 amide bonds. The number of hydrogen-bond acceptors (Lipinski definition) is 20. The SMILES string of the molecule is CC(C)S(=O)(=O)CC1CCC(CCc2ccc(N3CCC(O)(c4ccc(Cl)cc4)CC3)cc2)CC1.CC(C)S(=O)(=O)Cc1ccc(CCc2ccc(NS(=O)(=O)c3ccccc3)cc2)cc1.CC(C)S(=O)(=O)Cc1ccc(CCc2ccc(NS(C)(=O)=O)cc2)cc1.CC(C)S(=O)(=O)Cc1ccc(CCc2ccc3c(c2)C(=O)N(C)C3=O)cc1.CC(C)S(=O)(=O)Cc1ccc(CCc2ccc3oc(=O)ccc3c2)cc1. The third-order valence-corrected chi connectivity index (χ3v) is 40.2. The van der Waals surface area contributed by atoms with Crippen molar-refractivity contribution in [3.63, 3.8) is 0 Å². The van der Waals surface area contributed by atoms with E-state index in [1.54, 1.807) is 142 Å². The molecule has 23 nitrogen and oxygen atoms in total. The number of sulfone groups is 5. The molecule has 0 atom stereocenters. The van der Waals surface area contributed by atoms with Gasteiger partial charge in [-0.15, -0.1) is 0 Å². The second-order valence-electron chi connectivity index (χ2n) is 39.5. The van der Waals surface area contributed by atoms with Gasteiger partial charge in [0.05, 0.1) is 82.9 Å². The maximum Gasteiger partial charge on any atom is 0.336 e. The Labute approximate surface area is 864 Å². The average Bonchev–Trinajstić information content (AvgIpc) is 1.67. The highest BCUT2D eigenvalue weighted by molar-refractivity contribution is 7.93. The lowest BCUT2D eigenvalue weighted by Crippen LogP contribution is -2.42. The molecule has 1 aromatic heterocycles. The van der Waals surface area contributed by atoms with Crippen LogP contribution >= 0.6 is 11.6 Å². The van der Waals surface area contributed by atoms with Gasteiger partial charge in [0.15, 0.2) is 49.2 Å². The summed E-state index contributed by atoms with van der Waals surface area (Å²) in [4.78, 5) is 39.0. The largest absolute Gasteiger partial charge is 0.423 e. The predicted molar refractivity (Wildman–Crippen MR) is 586 cm³/mol. The van der Waals surface area contributed by atoms with E-state index in [2.05, 4.69) is 38.6 Å². The fourth-order valence-corrected chi connectivity index (χ4v) is 24.0. The number of fused-ring (bicyclic) bond motifs is 2. The molecule has 1 aliphatic carbocycles. The molecule has 2 aliphatic heterocycles. The summed E-state index contributed by atoms with van der Waals surface area (Å²) >= 11 is 6.00. The van der Waals surface area contributed by atoms with Crippen molar-refractivity contribution in [1.29, 1.82) is 0 Å². The van der Waals surface area contributed by atoms with Crippen LogP contribution in [0.15, 0.2) is 287 Å². The molecule has 3 aliphatic rings. The van der Waals surface area contributed by atoms with E-state index in [1.165, 1.54) is 30.8 Å². The Hall–Kier alpha value is -10.9. The van der Waals surface area contributed by atoms with Crippen molar-refractivity contribution in [2.75, 3.05) is 46.5 Å². The van der Waals surface area contributed by atoms with Crippen molar-refractivity contribution in [1.82, 2.24) is 4.90 Å². The summed E-state index contributed by atoms with van der Waals surface area (Å²) in [5.74, 6) is 1.18. The standard InChI is InChI=1S/C29H40ClNO3S.C24H27NO4S2.C21H23NO4S.C21H22O4S.C19H25NO4S2/c1-22(2)35(33,34)21-25-7-5-23(6-8-25)3-4-24-9-15-28(16-10-24)31-19-17-29(32,18-20-31)26-11-13-27(30)14-12-26;1-19(2)30(26,27)18-22-12-10-20(11-13-22)8-9-21-14-16-23(17-15-21)25-31(28,29)24-6-4-3-5-7-24;1-14(2)27(25,26)13-17-8-5-15(6-9-17)4-7-16-10-11-18-19(12-16)21(24)22(3)20(18)23;1-15(2)26(23,24)14-18-7-4-16(5-8-18)3-6-17-9-11-20-19(13-17)10-12-21(22)25-20;1-15(2)26(23,24)14-18-8-6-16(7-9-18)4-5-17-10-12-19(13-11-17)20-25(3,21)22/h9-16,22-23,25,32H,3-8,17-21H2,1-2H3;3-7,10-17,19,25H,8-9,18H2,1-2H3;5-6,8-12,14H,4,7,13H2,1-3H3;4-5,7-13,15H,3,6,14H2,1-2H3;6-13,15,20H,4-5,14H2,1-3H3. The molecule has 3 N–H and O–H groups in total.